The van der Waals surface area contributed by atoms with Gasteiger partial charge in [0.2, 0.25) is 11.8 Å². The van der Waals surface area contributed by atoms with Gasteiger partial charge in [0.15, 0.2) is 0 Å². The number of carbonyl (C=O) groups is 2. The van der Waals surface area contributed by atoms with Crippen LogP contribution in [0.2, 0.25) is 0 Å². The van der Waals surface area contributed by atoms with E-state index in [4.69, 9.17) is 0 Å². The zero-order valence-electron chi connectivity index (χ0n) is 15.1. The Hall–Kier alpha value is -2.70. The highest BCUT2D eigenvalue weighted by atomic mass is 16.2. The summed E-state index contributed by atoms with van der Waals surface area (Å²) >= 11 is 0. The van der Waals surface area contributed by atoms with Crippen molar-refractivity contribution >= 4 is 11.8 Å². The summed E-state index contributed by atoms with van der Waals surface area (Å²) in [6.45, 7) is 2.76. The van der Waals surface area contributed by atoms with E-state index in [9.17, 15) is 9.59 Å². The van der Waals surface area contributed by atoms with Gasteiger partial charge < -0.3 is 10.2 Å². The van der Waals surface area contributed by atoms with Gasteiger partial charge in [0.05, 0.1) is 18.3 Å². The maximum Gasteiger partial charge on any atom is 0.240 e. The molecule has 0 aliphatic carbocycles. The molecule has 0 spiro atoms. The van der Waals surface area contributed by atoms with Crippen molar-refractivity contribution < 1.29 is 9.59 Å². The van der Waals surface area contributed by atoms with Gasteiger partial charge in [-0.2, -0.15) is 5.10 Å². The first-order chi connectivity index (χ1) is 12.6. The summed E-state index contributed by atoms with van der Waals surface area (Å²) in [4.78, 5) is 30.1. The van der Waals surface area contributed by atoms with Crippen molar-refractivity contribution in [3.8, 4) is 5.69 Å². The molecule has 2 heterocycles. The Morgan fingerprint density at radius 2 is 1.96 bits per heavy atom. The van der Waals surface area contributed by atoms with E-state index in [1.54, 1.807) is 15.9 Å². The number of nitrogens with zero attached hydrogens (tertiary/aromatic N) is 4. The van der Waals surface area contributed by atoms with E-state index in [2.05, 4.69) is 15.4 Å². The number of rotatable bonds is 5. The molecule has 1 unspecified atom stereocenters. The lowest BCUT2D eigenvalue weighted by Crippen LogP contribution is -2.42. The second-order valence-electron chi connectivity index (χ2n) is 6.70. The minimum absolute atomic E-state index is 0.0877. The van der Waals surface area contributed by atoms with Crippen LogP contribution in [0.4, 0.5) is 0 Å². The predicted octanol–water partition coefficient (Wildman–Crippen LogP) is 2.24. The zero-order chi connectivity index (χ0) is 18.4. The average molecular weight is 355 g/mol. The van der Waals surface area contributed by atoms with E-state index in [-0.39, 0.29) is 24.4 Å². The molecule has 1 aliphatic rings. The van der Waals surface area contributed by atoms with Crippen LogP contribution in [0.15, 0.2) is 36.9 Å². The number of hydrogen-bond donors (Lipinski definition) is 1. The molecular weight excluding hydrogens is 330 g/mol. The number of nitrogens with one attached hydrogen (secondary N) is 1. The van der Waals surface area contributed by atoms with Crippen LogP contribution in [0.1, 0.15) is 50.6 Å². The third-order valence-electron chi connectivity index (χ3n) is 4.71. The fourth-order valence-corrected chi connectivity index (χ4v) is 3.18. The van der Waals surface area contributed by atoms with Crippen LogP contribution in [0, 0.1) is 0 Å². The first kappa shape index (κ1) is 18.1. The Kier molecular flexibility index (Phi) is 5.99. The molecule has 138 valence electrons. The van der Waals surface area contributed by atoms with Gasteiger partial charge in [-0.15, -0.1) is 0 Å². The van der Waals surface area contributed by atoms with E-state index in [1.807, 2.05) is 31.2 Å². The molecule has 7 nitrogen and oxygen atoms in total. The maximum absolute atomic E-state index is 12.4. The minimum atomic E-state index is -0.128. The van der Waals surface area contributed by atoms with E-state index < -0.39 is 0 Å². The van der Waals surface area contributed by atoms with E-state index >= 15 is 0 Å². The van der Waals surface area contributed by atoms with E-state index in [0.29, 0.717) is 13.0 Å². The van der Waals surface area contributed by atoms with Gasteiger partial charge in [-0.25, -0.2) is 9.67 Å². The van der Waals surface area contributed by atoms with Crippen molar-refractivity contribution in [2.24, 2.45) is 0 Å². The van der Waals surface area contributed by atoms with Gasteiger partial charge in [-0.1, -0.05) is 25.0 Å². The zero-order valence-corrected chi connectivity index (χ0v) is 15.1. The van der Waals surface area contributed by atoms with Crippen LogP contribution in [-0.4, -0.2) is 44.6 Å². The summed E-state index contributed by atoms with van der Waals surface area (Å²) < 4.78 is 1.68. The first-order valence-corrected chi connectivity index (χ1v) is 9.15. The second-order valence-corrected chi connectivity index (χ2v) is 6.70. The highest BCUT2D eigenvalue weighted by Gasteiger charge is 2.19. The van der Waals surface area contributed by atoms with Crippen LogP contribution >= 0.6 is 0 Å². The number of amides is 2. The molecule has 1 aromatic carbocycles. The highest BCUT2D eigenvalue weighted by molar-refractivity contribution is 5.85. The lowest BCUT2D eigenvalue weighted by Gasteiger charge is -2.25. The van der Waals surface area contributed by atoms with Crippen LogP contribution in [0.5, 0.6) is 0 Å². The maximum atomic E-state index is 12.4. The number of likely N-dealkylation sites (tertiary alicyclic amines) is 1. The molecule has 0 radical (unpaired) electrons. The summed E-state index contributed by atoms with van der Waals surface area (Å²) in [6.07, 6.45) is 7.80. The molecule has 26 heavy (non-hydrogen) atoms. The molecule has 1 atom stereocenters. The lowest BCUT2D eigenvalue weighted by atomic mass is 10.1. The van der Waals surface area contributed by atoms with Gasteiger partial charge in [-0.3, -0.25) is 9.59 Å². The summed E-state index contributed by atoms with van der Waals surface area (Å²) in [5, 5.41) is 7.08. The second kappa shape index (κ2) is 8.60. The molecule has 7 heteroatoms. The summed E-state index contributed by atoms with van der Waals surface area (Å²) in [5.74, 6) is -0.0311. The van der Waals surface area contributed by atoms with Crippen molar-refractivity contribution in [1.82, 2.24) is 25.0 Å². The SMILES string of the molecule is CC(NC(=O)CN1CCCCCCC1=O)c1ccc(-n2cncn2)cc1. The Bertz CT molecular complexity index is 727. The molecule has 0 bridgehead atoms. The smallest absolute Gasteiger partial charge is 0.240 e. The molecule has 3 rings (SSSR count). The summed E-state index contributed by atoms with van der Waals surface area (Å²) in [5.41, 5.74) is 1.91. The van der Waals surface area contributed by atoms with Crippen LogP contribution in [0.3, 0.4) is 0 Å². The van der Waals surface area contributed by atoms with E-state index in [1.165, 1.54) is 6.33 Å². The first-order valence-electron chi connectivity index (χ1n) is 9.15. The van der Waals surface area contributed by atoms with Gasteiger partial charge in [0.25, 0.3) is 0 Å². The summed E-state index contributed by atoms with van der Waals surface area (Å²) in [7, 11) is 0. The fourth-order valence-electron chi connectivity index (χ4n) is 3.18. The monoisotopic (exact) mass is 355 g/mol. The van der Waals surface area contributed by atoms with Crippen LogP contribution in [0.25, 0.3) is 5.69 Å². The summed E-state index contributed by atoms with van der Waals surface area (Å²) in [6, 6.07) is 7.67. The van der Waals surface area contributed by atoms with Crippen molar-refractivity contribution in [2.45, 2.75) is 45.1 Å². The minimum Gasteiger partial charge on any atom is -0.348 e. The third-order valence-corrected chi connectivity index (χ3v) is 4.71. The van der Waals surface area contributed by atoms with Crippen molar-refractivity contribution in [2.75, 3.05) is 13.1 Å². The average Bonchev–Trinajstić information content (AvgIpc) is 3.16. The quantitative estimate of drug-likeness (QED) is 0.892. The molecule has 1 fully saturated rings. The lowest BCUT2D eigenvalue weighted by molar-refractivity contribution is -0.136. The van der Waals surface area contributed by atoms with Gasteiger partial charge in [0.1, 0.15) is 12.7 Å². The van der Waals surface area contributed by atoms with Crippen LogP contribution in [-0.2, 0) is 9.59 Å². The molecule has 1 N–H and O–H groups in total. The topological polar surface area (TPSA) is 80.1 Å². The molecule has 1 aromatic heterocycles. The van der Waals surface area contributed by atoms with E-state index in [0.717, 1.165) is 36.9 Å². The number of benzene rings is 1. The normalized spacial score (nSPS) is 16.7. The highest BCUT2D eigenvalue weighted by Crippen LogP contribution is 2.16. The number of aromatic nitrogens is 3. The number of carbonyl (C=O) groups excluding carboxylic acids is 2. The molecular formula is C19H25N5O2. The molecule has 1 saturated heterocycles. The van der Waals surface area contributed by atoms with Crippen LogP contribution < -0.4 is 5.32 Å². The standard InChI is InChI=1S/C19H25N5O2/c1-15(16-7-9-17(10-8-16)24-14-20-13-21-24)22-18(25)12-23-11-5-3-2-4-6-19(23)26/h7-10,13-15H,2-6,11-12H2,1H3,(H,22,25). The van der Waals surface area contributed by atoms with Crippen molar-refractivity contribution in [3.63, 3.8) is 0 Å². The van der Waals surface area contributed by atoms with Gasteiger partial charge in [-0.05, 0) is 37.5 Å². The fraction of sp³-hybridized carbons (Fsp3) is 0.474. The third kappa shape index (κ3) is 4.68. The Labute approximate surface area is 153 Å². The van der Waals surface area contributed by atoms with Crippen molar-refractivity contribution in [1.29, 1.82) is 0 Å². The predicted molar refractivity (Wildman–Crippen MR) is 97.6 cm³/mol. The number of hydrogen-bond acceptors (Lipinski definition) is 4. The molecule has 2 aromatic rings. The molecule has 2 amide bonds. The molecule has 1 aliphatic heterocycles. The molecule has 0 saturated carbocycles. The largest absolute Gasteiger partial charge is 0.348 e. The Balaban J connectivity index is 1.55. The van der Waals surface area contributed by atoms with Gasteiger partial charge in [0, 0.05) is 13.0 Å². The van der Waals surface area contributed by atoms with Gasteiger partial charge >= 0.3 is 0 Å². The van der Waals surface area contributed by atoms with Crippen molar-refractivity contribution in [3.05, 3.63) is 42.5 Å². The Morgan fingerprint density at radius 1 is 1.19 bits per heavy atom. The Morgan fingerprint density at radius 3 is 2.69 bits per heavy atom.